The zero-order valence-corrected chi connectivity index (χ0v) is 18.8. The van der Waals surface area contributed by atoms with Crippen LogP contribution in [-0.4, -0.2) is 11.8 Å². The van der Waals surface area contributed by atoms with Crippen molar-refractivity contribution < 1.29 is 14.0 Å². The van der Waals surface area contributed by atoms with Gasteiger partial charge in [-0.15, -0.1) is 11.3 Å². The Bertz CT molecular complexity index is 1230. The maximum absolute atomic E-state index is 12.8. The van der Waals surface area contributed by atoms with E-state index in [4.69, 9.17) is 10.2 Å². The number of fused-ring (bicyclic) bond motifs is 1. The van der Waals surface area contributed by atoms with E-state index >= 15 is 0 Å². The van der Waals surface area contributed by atoms with Crippen LogP contribution in [0.15, 0.2) is 50.9 Å². The molecule has 8 heteroatoms. The number of thiophene rings is 1. The van der Waals surface area contributed by atoms with Gasteiger partial charge in [-0.3, -0.25) is 9.59 Å². The number of carbonyl (C=O) groups excluding carboxylic acids is 2. The summed E-state index contributed by atoms with van der Waals surface area (Å²) in [6, 6.07) is 13.0. The van der Waals surface area contributed by atoms with E-state index in [0.717, 1.165) is 46.2 Å². The summed E-state index contributed by atoms with van der Waals surface area (Å²) in [4.78, 5) is 25.8. The molecule has 3 aromatic rings. The monoisotopic (exact) mass is 495 g/mol. The second-order valence-corrected chi connectivity index (χ2v) is 9.13. The number of furan rings is 1. The number of anilines is 1. The van der Waals surface area contributed by atoms with Gasteiger partial charge in [-0.1, -0.05) is 28.1 Å². The Hall–Kier alpha value is -3.15. The van der Waals surface area contributed by atoms with Crippen LogP contribution >= 0.6 is 27.3 Å². The molecule has 156 valence electrons. The first-order valence-electron chi connectivity index (χ1n) is 9.69. The second-order valence-electron chi connectivity index (χ2n) is 7.11. The molecule has 2 amide bonds. The van der Waals surface area contributed by atoms with Crippen molar-refractivity contribution in [1.82, 2.24) is 0 Å². The Kier molecular flexibility index (Phi) is 6.07. The third-order valence-electron chi connectivity index (χ3n) is 5.05. The predicted molar refractivity (Wildman–Crippen MR) is 124 cm³/mol. The summed E-state index contributed by atoms with van der Waals surface area (Å²) in [6.45, 7) is 0. The lowest BCUT2D eigenvalue weighted by Gasteiger charge is -2.11. The van der Waals surface area contributed by atoms with Crippen LogP contribution in [0, 0.1) is 11.3 Å². The van der Waals surface area contributed by atoms with Crippen LogP contribution in [0.25, 0.3) is 17.4 Å². The maximum atomic E-state index is 12.8. The van der Waals surface area contributed by atoms with Crippen molar-refractivity contribution >= 4 is 50.2 Å². The molecule has 4 rings (SSSR count). The lowest BCUT2D eigenvalue weighted by atomic mass is 9.95. The van der Waals surface area contributed by atoms with Crippen molar-refractivity contribution in [2.24, 2.45) is 5.73 Å². The summed E-state index contributed by atoms with van der Waals surface area (Å²) in [5.41, 5.74) is 7.61. The number of amides is 2. The molecule has 3 N–H and O–H groups in total. The molecule has 2 aromatic heterocycles. The largest absolute Gasteiger partial charge is 0.457 e. The Morgan fingerprint density at radius 1 is 1.16 bits per heavy atom. The third-order valence-corrected chi connectivity index (χ3v) is 6.79. The number of benzene rings is 1. The van der Waals surface area contributed by atoms with Crippen molar-refractivity contribution in [2.45, 2.75) is 25.7 Å². The minimum Gasteiger partial charge on any atom is -0.457 e. The summed E-state index contributed by atoms with van der Waals surface area (Å²) in [6.07, 6.45) is 5.05. The zero-order valence-electron chi connectivity index (χ0n) is 16.4. The summed E-state index contributed by atoms with van der Waals surface area (Å²) in [7, 11) is 0. The number of nitrogens with zero attached hydrogens (tertiary/aromatic N) is 1. The molecule has 0 spiro atoms. The van der Waals surface area contributed by atoms with Crippen LogP contribution in [0.1, 0.15) is 39.4 Å². The molecule has 1 aliphatic carbocycles. The fourth-order valence-electron chi connectivity index (χ4n) is 3.58. The molecule has 2 heterocycles. The van der Waals surface area contributed by atoms with Gasteiger partial charge >= 0.3 is 0 Å². The molecular formula is C23H18BrN3O3S. The summed E-state index contributed by atoms with van der Waals surface area (Å²) >= 11 is 4.75. The number of rotatable bonds is 5. The first kappa shape index (κ1) is 21.1. The van der Waals surface area contributed by atoms with Gasteiger partial charge in [0.25, 0.3) is 11.8 Å². The highest BCUT2D eigenvalue weighted by atomic mass is 79.9. The number of nitrogens with one attached hydrogen (secondary N) is 1. The van der Waals surface area contributed by atoms with Gasteiger partial charge in [0.2, 0.25) is 0 Å². The highest BCUT2D eigenvalue weighted by Gasteiger charge is 2.25. The van der Waals surface area contributed by atoms with Gasteiger partial charge in [0.05, 0.1) is 5.56 Å². The number of halogens is 1. The smallest absolute Gasteiger partial charge is 0.267 e. The summed E-state index contributed by atoms with van der Waals surface area (Å²) in [5.74, 6) is -0.170. The topological polar surface area (TPSA) is 109 Å². The van der Waals surface area contributed by atoms with Gasteiger partial charge < -0.3 is 15.5 Å². The van der Waals surface area contributed by atoms with Crippen LogP contribution in [-0.2, 0) is 17.6 Å². The normalized spacial score (nSPS) is 13.4. The molecule has 0 bridgehead atoms. The van der Waals surface area contributed by atoms with E-state index in [1.165, 1.54) is 17.4 Å². The van der Waals surface area contributed by atoms with Crippen molar-refractivity contribution in [3.8, 4) is 17.4 Å². The lowest BCUT2D eigenvalue weighted by molar-refractivity contribution is -0.112. The molecular weight excluding hydrogens is 478 g/mol. The maximum Gasteiger partial charge on any atom is 0.267 e. The SMILES string of the molecule is N#C/C(=C\c1ccc(-c2ccc(Br)cc2)o1)C(=O)Nc1sc2c(c1C(N)=O)CCCC2. The van der Waals surface area contributed by atoms with Crippen LogP contribution in [0.3, 0.4) is 0 Å². The van der Waals surface area contributed by atoms with Gasteiger partial charge in [-0.2, -0.15) is 5.26 Å². The van der Waals surface area contributed by atoms with Crippen molar-refractivity contribution in [3.63, 3.8) is 0 Å². The molecule has 0 saturated heterocycles. The first-order chi connectivity index (χ1) is 15.0. The molecule has 0 fully saturated rings. The molecule has 0 unspecified atom stereocenters. The summed E-state index contributed by atoms with van der Waals surface area (Å²) in [5, 5.41) is 12.6. The molecule has 0 atom stereocenters. The van der Waals surface area contributed by atoms with Crippen molar-refractivity contribution in [2.75, 3.05) is 5.32 Å². The molecule has 0 radical (unpaired) electrons. The highest BCUT2D eigenvalue weighted by molar-refractivity contribution is 9.10. The van der Waals surface area contributed by atoms with Gasteiger partial charge in [0, 0.05) is 21.0 Å². The van der Waals surface area contributed by atoms with Crippen LogP contribution in [0.2, 0.25) is 0 Å². The third kappa shape index (κ3) is 4.48. The Balaban J connectivity index is 1.58. The Morgan fingerprint density at radius 3 is 2.61 bits per heavy atom. The van der Waals surface area contributed by atoms with E-state index in [-0.39, 0.29) is 5.57 Å². The van der Waals surface area contributed by atoms with E-state index in [2.05, 4.69) is 21.2 Å². The van der Waals surface area contributed by atoms with Gasteiger partial charge in [0.1, 0.15) is 28.2 Å². The average Bonchev–Trinajstić information content (AvgIpc) is 3.36. The fraction of sp³-hybridized carbons (Fsp3) is 0.174. The second kappa shape index (κ2) is 8.92. The van der Waals surface area contributed by atoms with E-state index in [1.54, 1.807) is 12.1 Å². The number of nitrogens with two attached hydrogens (primary N) is 1. The predicted octanol–water partition coefficient (Wildman–Crippen LogP) is 5.29. The number of carbonyl (C=O) groups is 2. The van der Waals surface area contributed by atoms with E-state index in [9.17, 15) is 14.9 Å². The van der Waals surface area contributed by atoms with E-state index < -0.39 is 11.8 Å². The standard InChI is InChI=1S/C23H18BrN3O3S/c24-15-7-5-13(6-8-15)18-10-9-16(30-18)11-14(12-25)22(29)27-23-20(21(26)28)17-3-1-2-4-19(17)31-23/h5-11H,1-4H2,(H2,26,28)(H,27,29)/b14-11+. The molecule has 6 nitrogen and oxygen atoms in total. The van der Waals surface area contributed by atoms with Crippen molar-refractivity contribution in [3.05, 3.63) is 68.2 Å². The molecule has 31 heavy (non-hydrogen) atoms. The van der Waals surface area contributed by atoms with Gasteiger partial charge in [0.15, 0.2) is 0 Å². The average molecular weight is 496 g/mol. The Labute approximate surface area is 191 Å². The molecule has 0 aliphatic heterocycles. The van der Waals surface area contributed by atoms with E-state index in [1.807, 2.05) is 30.3 Å². The quantitative estimate of drug-likeness (QED) is 0.369. The van der Waals surface area contributed by atoms with Gasteiger partial charge in [-0.25, -0.2) is 0 Å². The molecule has 1 aliphatic rings. The van der Waals surface area contributed by atoms with Crippen LogP contribution in [0.4, 0.5) is 5.00 Å². The van der Waals surface area contributed by atoms with Crippen LogP contribution in [0.5, 0.6) is 0 Å². The number of aryl methyl sites for hydroxylation is 1. The number of hydrogen-bond acceptors (Lipinski definition) is 5. The minimum atomic E-state index is -0.606. The molecule has 1 aromatic carbocycles. The van der Waals surface area contributed by atoms with E-state index in [0.29, 0.717) is 22.1 Å². The van der Waals surface area contributed by atoms with Crippen LogP contribution < -0.4 is 11.1 Å². The van der Waals surface area contributed by atoms with Crippen molar-refractivity contribution in [1.29, 1.82) is 5.26 Å². The highest BCUT2D eigenvalue weighted by Crippen LogP contribution is 2.38. The number of nitriles is 1. The molecule has 0 saturated carbocycles. The zero-order chi connectivity index (χ0) is 22.0. The Morgan fingerprint density at radius 2 is 1.90 bits per heavy atom. The fourth-order valence-corrected chi connectivity index (χ4v) is 5.13. The van der Waals surface area contributed by atoms with Gasteiger partial charge in [-0.05, 0) is 55.5 Å². The lowest BCUT2D eigenvalue weighted by Crippen LogP contribution is -2.19. The number of hydrogen-bond donors (Lipinski definition) is 2. The first-order valence-corrected chi connectivity index (χ1v) is 11.3. The minimum absolute atomic E-state index is 0.126. The summed E-state index contributed by atoms with van der Waals surface area (Å²) < 4.78 is 6.73. The number of primary amides is 1.